The Labute approximate surface area is 236 Å². The average molecular weight is 537 g/mol. The zero-order chi connectivity index (χ0) is 27.9. The molecule has 0 heterocycles. The first-order valence-electron chi connectivity index (χ1n) is 16.7. The van der Waals surface area contributed by atoms with Gasteiger partial charge in [-0.15, -0.1) is 0 Å². The van der Waals surface area contributed by atoms with Gasteiger partial charge in [-0.25, -0.2) is 9.59 Å². The maximum atomic E-state index is 12.0. The highest BCUT2D eigenvalue weighted by atomic mass is 16.5. The molecule has 0 aromatic carbocycles. The highest BCUT2D eigenvalue weighted by Crippen LogP contribution is 2.18. The van der Waals surface area contributed by atoms with Crippen molar-refractivity contribution in [3.8, 4) is 0 Å². The second-order valence-electron chi connectivity index (χ2n) is 11.4. The molecule has 0 aromatic rings. The molecule has 0 saturated carbocycles. The average Bonchev–Trinajstić information content (AvgIpc) is 2.90. The summed E-state index contributed by atoms with van der Waals surface area (Å²) in [5.41, 5.74) is 0. The van der Waals surface area contributed by atoms with E-state index < -0.39 is 11.9 Å². The van der Waals surface area contributed by atoms with E-state index in [9.17, 15) is 9.59 Å². The molecular formula is C34H64O4. The number of carbonyl (C=O) groups is 2. The molecule has 1 atom stereocenters. The zero-order valence-corrected chi connectivity index (χ0v) is 25.5. The van der Waals surface area contributed by atoms with E-state index in [1.807, 2.05) is 0 Å². The summed E-state index contributed by atoms with van der Waals surface area (Å²) in [4.78, 5) is 22.7. The van der Waals surface area contributed by atoms with Crippen LogP contribution in [0.1, 0.15) is 187 Å². The molecule has 0 rings (SSSR count). The van der Waals surface area contributed by atoms with Crippen molar-refractivity contribution in [2.24, 2.45) is 0 Å². The Morgan fingerprint density at radius 1 is 0.500 bits per heavy atom. The van der Waals surface area contributed by atoms with Crippen LogP contribution < -0.4 is 0 Å². The maximum Gasteiger partial charge on any atom is 0.331 e. The fourth-order valence-corrected chi connectivity index (χ4v) is 5.21. The monoisotopic (exact) mass is 536 g/mol. The van der Waals surface area contributed by atoms with Crippen molar-refractivity contribution in [2.75, 3.05) is 0 Å². The summed E-state index contributed by atoms with van der Waals surface area (Å²) in [6.45, 7) is 4.54. The lowest BCUT2D eigenvalue weighted by Gasteiger charge is -2.17. The zero-order valence-electron chi connectivity index (χ0n) is 25.5. The van der Waals surface area contributed by atoms with Crippen molar-refractivity contribution in [3.63, 3.8) is 0 Å². The summed E-state index contributed by atoms with van der Waals surface area (Å²) in [6, 6.07) is 0. The van der Waals surface area contributed by atoms with Crippen LogP contribution in [0.3, 0.4) is 0 Å². The van der Waals surface area contributed by atoms with Gasteiger partial charge >= 0.3 is 11.9 Å². The third-order valence-electron chi connectivity index (χ3n) is 7.65. The van der Waals surface area contributed by atoms with E-state index in [4.69, 9.17) is 9.84 Å². The molecule has 0 radical (unpaired) electrons. The molecule has 0 fully saturated rings. The first-order valence-corrected chi connectivity index (χ1v) is 16.7. The minimum absolute atomic E-state index is 0.0863. The molecule has 1 unspecified atom stereocenters. The Kier molecular flexibility index (Phi) is 29.2. The van der Waals surface area contributed by atoms with E-state index in [1.165, 1.54) is 148 Å². The van der Waals surface area contributed by atoms with Crippen LogP contribution in [0.25, 0.3) is 0 Å². The largest absolute Gasteiger partial charge is 0.478 e. The third kappa shape index (κ3) is 29.2. The summed E-state index contributed by atoms with van der Waals surface area (Å²) >= 11 is 0. The molecular weight excluding hydrogens is 472 g/mol. The Balaban J connectivity index is 3.92. The second-order valence-corrected chi connectivity index (χ2v) is 11.4. The van der Waals surface area contributed by atoms with Crippen LogP contribution >= 0.6 is 0 Å². The van der Waals surface area contributed by atoms with Crippen molar-refractivity contribution in [3.05, 3.63) is 12.2 Å². The highest BCUT2D eigenvalue weighted by molar-refractivity contribution is 5.90. The van der Waals surface area contributed by atoms with Gasteiger partial charge in [0.2, 0.25) is 0 Å². The van der Waals surface area contributed by atoms with Gasteiger partial charge < -0.3 is 9.84 Å². The molecule has 0 saturated heterocycles. The molecule has 0 aliphatic rings. The van der Waals surface area contributed by atoms with E-state index in [-0.39, 0.29) is 6.10 Å². The fourth-order valence-electron chi connectivity index (χ4n) is 5.21. The molecule has 4 heteroatoms. The van der Waals surface area contributed by atoms with Crippen molar-refractivity contribution < 1.29 is 19.4 Å². The predicted octanol–water partition coefficient (Wildman–Crippen LogP) is 11.1. The van der Waals surface area contributed by atoms with Crippen LogP contribution in [0.2, 0.25) is 0 Å². The summed E-state index contributed by atoms with van der Waals surface area (Å²) in [6.07, 6.45) is 36.6. The Bertz CT molecular complexity index is 543. The predicted molar refractivity (Wildman–Crippen MR) is 163 cm³/mol. The number of hydrogen-bond acceptors (Lipinski definition) is 3. The van der Waals surface area contributed by atoms with E-state index in [0.717, 1.165) is 37.8 Å². The normalized spacial score (nSPS) is 12.3. The maximum absolute atomic E-state index is 12.0. The van der Waals surface area contributed by atoms with Crippen molar-refractivity contribution >= 4 is 11.9 Å². The van der Waals surface area contributed by atoms with Gasteiger partial charge in [0.25, 0.3) is 0 Å². The Morgan fingerprint density at radius 2 is 0.789 bits per heavy atom. The molecule has 38 heavy (non-hydrogen) atoms. The Hall–Kier alpha value is -1.32. The lowest BCUT2D eigenvalue weighted by atomic mass is 10.0. The molecule has 0 aromatic heterocycles. The molecule has 1 N–H and O–H groups in total. The molecule has 0 bridgehead atoms. The number of aliphatic carboxylic acids is 1. The third-order valence-corrected chi connectivity index (χ3v) is 7.65. The quantitative estimate of drug-likeness (QED) is 0.0563. The van der Waals surface area contributed by atoms with Crippen LogP contribution in [-0.4, -0.2) is 23.1 Å². The first kappa shape index (κ1) is 36.7. The molecule has 0 spiro atoms. The van der Waals surface area contributed by atoms with Gasteiger partial charge in [-0.05, 0) is 25.7 Å². The summed E-state index contributed by atoms with van der Waals surface area (Å²) in [5, 5.41) is 8.76. The number of ether oxygens (including phenoxy) is 1. The van der Waals surface area contributed by atoms with Gasteiger partial charge in [0.1, 0.15) is 6.10 Å². The fraction of sp³-hybridized carbons (Fsp3) is 0.882. The topological polar surface area (TPSA) is 63.6 Å². The number of esters is 1. The first-order chi connectivity index (χ1) is 18.6. The van der Waals surface area contributed by atoms with Crippen LogP contribution in [0.4, 0.5) is 0 Å². The number of carboxylic acid groups (broad SMARTS) is 1. The Morgan fingerprint density at radius 3 is 1.08 bits per heavy atom. The number of carbonyl (C=O) groups excluding carboxylic acids is 1. The van der Waals surface area contributed by atoms with Crippen LogP contribution in [0.15, 0.2) is 12.2 Å². The standard InChI is InChI=1S/C34H64O4/c1-3-5-7-9-11-13-15-17-19-21-23-25-27-29-32(38-34(37)31-30-33(35)36)28-26-24-22-20-18-16-14-12-10-8-6-4-2/h30-32H,3-29H2,1-2H3,(H,35,36)/b31-30+. The van der Waals surface area contributed by atoms with E-state index in [1.54, 1.807) is 0 Å². The number of carboxylic acids is 1. The minimum atomic E-state index is -1.11. The van der Waals surface area contributed by atoms with Crippen LogP contribution in [0, 0.1) is 0 Å². The lowest BCUT2D eigenvalue weighted by Crippen LogP contribution is -2.17. The van der Waals surface area contributed by atoms with Gasteiger partial charge in [-0.3, -0.25) is 0 Å². The van der Waals surface area contributed by atoms with Crippen molar-refractivity contribution in [2.45, 2.75) is 193 Å². The van der Waals surface area contributed by atoms with Crippen molar-refractivity contribution in [1.29, 1.82) is 0 Å². The SMILES string of the molecule is CCCCCCCCCCCCCCCC(CCCCCCCCCCCCCC)OC(=O)/C=C/C(=O)O. The molecule has 224 valence electrons. The summed E-state index contributed by atoms with van der Waals surface area (Å²) in [5.74, 6) is -1.64. The van der Waals surface area contributed by atoms with Gasteiger partial charge in [-0.1, -0.05) is 162 Å². The van der Waals surface area contributed by atoms with E-state index >= 15 is 0 Å². The summed E-state index contributed by atoms with van der Waals surface area (Å²) < 4.78 is 5.62. The minimum Gasteiger partial charge on any atom is -0.478 e. The summed E-state index contributed by atoms with van der Waals surface area (Å²) in [7, 11) is 0. The number of rotatable bonds is 30. The van der Waals surface area contributed by atoms with Crippen molar-refractivity contribution in [1.82, 2.24) is 0 Å². The lowest BCUT2D eigenvalue weighted by molar-refractivity contribution is -0.144. The molecule has 0 aliphatic carbocycles. The highest BCUT2D eigenvalue weighted by Gasteiger charge is 2.13. The molecule has 4 nitrogen and oxygen atoms in total. The van der Waals surface area contributed by atoms with Gasteiger partial charge in [0, 0.05) is 12.2 Å². The molecule has 0 amide bonds. The van der Waals surface area contributed by atoms with Gasteiger partial charge in [0.05, 0.1) is 0 Å². The smallest absolute Gasteiger partial charge is 0.331 e. The van der Waals surface area contributed by atoms with Gasteiger partial charge in [-0.2, -0.15) is 0 Å². The van der Waals surface area contributed by atoms with Crippen LogP contribution in [0.5, 0.6) is 0 Å². The molecule has 0 aliphatic heterocycles. The number of hydrogen-bond donors (Lipinski definition) is 1. The van der Waals surface area contributed by atoms with Crippen LogP contribution in [-0.2, 0) is 14.3 Å². The second kappa shape index (κ2) is 30.2. The van der Waals surface area contributed by atoms with E-state index in [2.05, 4.69) is 13.8 Å². The van der Waals surface area contributed by atoms with E-state index in [0.29, 0.717) is 0 Å². The van der Waals surface area contributed by atoms with Gasteiger partial charge in [0.15, 0.2) is 0 Å². The number of unbranched alkanes of at least 4 members (excludes halogenated alkanes) is 23.